The van der Waals surface area contributed by atoms with Gasteiger partial charge in [0, 0.05) is 31.6 Å². The summed E-state index contributed by atoms with van der Waals surface area (Å²) in [6, 6.07) is 7.47. The van der Waals surface area contributed by atoms with Crippen LogP contribution in [0, 0.1) is 5.92 Å². The van der Waals surface area contributed by atoms with Gasteiger partial charge >= 0.3 is 5.97 Å². The molecule has 1 aliphatic heterocycles. The summed E-state index contributed by atoms with van der Waals surface area (Å²) in [6.07, 6.45) is 6.69. The lowest BCUT2D eigenvalue weighted by Gasteiger charge is -2.29. The van der Waals surface area contributed by atoms with Crippen molar-refractivity contribution in [3.05, 3.63) is 77.3 Å². The molecule has 1 aromatic rings. The maximum Gasteiger partial charge on any atom is 0.336 e. The van der Waals surface area contributed by atoms with Crippen LogP contribution in [0.25, 0.3) is 5.57 Å². The molecule has 1 heterocycles. The number of hydrogen-bond donors (Lipinski definition) is 0. The van der Waals surface area contributed by atoms with Crippen molar-refractivity contribution >= 4 is 17.4 Å². The summed E-state index contributed by atoms with van der Waals surface area (Å²) >= 11 is 0. The largest absolute Gasteiger partial charge is 0.466 e. The monoisotopic (exact) mass is 394 g/mol. The van der Waals surface area contributed by atoms with E-state index in [0.29, 0.717) is 11.1 Å². The molecule has 1 unspecified atom stereocenters. The molecule has 5 nitrogen and oxygen atoms in total. The second-order valence-corrected chi connectivity index (χ2v) is 7.40. The number of amides is 1. The number of rotatable bonds is 6. The van der Waals surface area contributed by atoms with Gasteiger partial charge in [-0.3, -0.25) is 4.79 Å². The van der Waals surface area contributed by atoms with Crippen molar-refractivity contribution in [3.63, 3.8) is 0 Å². The fourth-order valence-corrected chi connectivity index (χ4v) is 3.16. The van der Waals surface area contributed by atoms with E-state index in [-0.39, 0.29) is 17.8 Å². The Bertz CT molecular complexity index is 889. The van der Waals surface area contributed by atoms with Gasteiger partial charge in [-0.1, -0.05) is 32.6 Å². The number of methoxy groups -OCH3 is 1. The van der Waals surface area contributed by atoms with Crippen molar-refractivity contribution in [2.45, 2.75) is 27.2 Å². The first-order chi connectivity index (χ1) is 13.7. The van der Waals surface area contributed by atoms with Crippen molar-refractivity contribution in [1.29, 1.82) is 0 Å². The number of ether oxygens (including phenoxy) is 1. The summed E-state index contributed by atoms with van der Waals surface area (Å²) in [5, 5.41) is 0. The predicted octanol–water partition coefficient (Wildman–Crippen LogP) is 4.61. The summed E-state index contributed by atoms with van der Waals surface area (Å²) in [5.41, 5.74) is 4.75. The molecule has 0 N–H and O–H groups in total. The Morgan fingerprint density at radius 1 is 1.21 bits per heavy atom. The van der Waals surface area contributed by atoms with Gasteiger partial charge in [0.1, 0.15) is 0 Å². The molecule has 154 valence electrons. The van der Waals surface area contributed by atoms with E-state index in [0.717, 1.165) is 29.0 Å². The molecule has 0 bridgehead atoms. The molecule has 1 amide bonds. The van der Waals surface area contributed by atoms with Crippen LogP contribution in [-0.4, -0.2) is 42.9 Å². The third kappa shape index (κ3) is 4.86. The molecule has 1 aromatic carbocycles. The normalized spacial score (nSPS) is 16.1. The fraction of sp³-hybridized carbons (Fsp3) is 0.333. The standard InChI is InChI=1S/C24H30N2O3/c1-8-17(4)22(24(28)29-7)21-15-20(13-14-26(21)16(2)3)18-9-11-19(12-10-18)23(27)25(5)6/h9-15,17H,2,8H2,1,3-7H3/b22-21+. The zero-order valence-corrected chi connectivity index (χ0v) is 18.2. The Morgan fingerprint density at radius 3 is 2.31 bits per heavy atom. The molecule has 0 saturated carbocycles. The van der Waals surface area contributed by atoms with Crippen LogP contribution >= 0.6 is 0 Å². The molecule has 0 aromatic heterocycles. The van der Waals surface area contributed by atoms with Crippen molar-refractivity contribution in [2.75, 3.05) is 21.2 Å². The van der Waals surface area contributed by atoms with E-state index in [2.05, 4.69) is 6.58 Å². The fourth-order valence-electron chi connectivity index (χ4n) is 3.16. The number of allylic oxidation sites excluding steroid dienone is 4. The van der Waals surface area contributed by atoms with Gasteiger partial charge in [0.15, 0.2) is 0 Å². The van der Waals surface area contributed by atoms with Gasteiger partial charge in [0.25, 0.3) is 5.91 Å². The molecular formula is C24H30N2O3. The summed E-state index contributed by atoms with van der Waals surface area (Å²) in [6.45, 7) is 10.0. The van der Waals surface area contributed by atoms with E-state index in [9.17, 15) is 9.59 Å². The van der Waals surface area contributed by atoms with Crippen molar-refractivity contribution in [2.24, 2.45) is 5.92 Å². The molecular weight excluding hydrogens is 364 g/mol. The minimum absolute atomic E-state index is 0.0309. The lowest BCUT2D eigenvalue weighted by Crippen LogP contribution is -2.23. The van der Waals surface area contributed by atoms with Crippen LogP contribution < -0.4 is 0 Å². The van der Waals surface area contributed by atoms with Crippen molar-refractivity contribution in [3.8, 4) is 0 Å². The second-order valence-electron chi connectivity index (χ2n) is 7.40. The van der Waals surface area contributed by atoms with Gasteiger partial charge in [0.05, 0.1) is 18.4 Å². The first kappa shape index (κ1) is 22.2. The van der Waals surface area contributed by atoms with E-state index in [4.69, 9.17) is 4.74 Å². The highest BCUT2D eigenvalue weighted by Gasteiger charge is 2.25. The van der Waals surface area contributed by atoms with Gasteiger partial charge < -0.3 is 14.5 Å². The lowest BCUT2D eigenvalue weighted by atomic mass is 9.92. The Morgan fingerprint density at radius 2 is 1.83 bits per heavy atom. The van der Waals surface area contributed by atoms with E-state index in [1.807, 2.05) is 68.3 Å². The number of hydrogen-bond acceptors (Lipinski definition) is 4. The summed E-state index contributed by atoms with van der Waals surface area (Å²) < 4.78 is 5.07. The van der Waals surface area contributed by atoms with Gasteiger partial charge in [-0.25, -0.2) is 4.79 Å². The van der Waals surface area contributed by atoms with Crippen LogP contribution in [0.4, 0.5) is 0 Å². The van der Waals surface area contributed by atoms with Crippen LogP contribution in [-0.2, 0) is 9.53 Å². The predicted molar refractivity (Wildman–Crippen MR) is 117 cm³/mol. The van der Waals surface area contributed by atoms with Gasteiger partial charge in [-0.05, 0) is 54.7 Å². The second kappa shape index (κ2) is 9.41. The van der Waals surface area contributed by atoms with Crippen LogP contribution in [0.5, 0.6) is 0 Å². The Balaban J connectivity index is 2.56. The number of nitrogens with zero attached hydrogens (tertiary/aromatic N) is 2. The number of carbonyl (C=O) groups is 2. The van der Waals surface area contributed by atoms with Gasteiger partial charge in [0.2, 0.25) is 0 Å². The zero-order valence-electron chi connectivity index (χ0n) is 18.2. The van der Waals surface area contributed by atoms with E-state index in [1.165, 1.54) is 7.11 Å². The van der Waals surface area contributed by atoms with Crippen LogP contribution in [0.1, 0.15) is 43.1 Å². The van der Waals surface area contributed by atoms with Crippen LogP contribution in [0.3, 0.4) is 0 Å². The van der Waals surface area contributed by atoms with Crippen molar-refractivity contribution < 1.29 is 14.3 Å². The smallest absolute Gasteiger partial charge is 0.336 e. The quantitative estimate of drug-likeness (QED) is 0.522. The lowest BCUT2D eigenvalue weighted by molar-refractivity contribution is -0.136. The van der Waals surface area contributed by atoms with Crippen LogP contribution in [0.2, 0.25) is 0 Å². The summed E-state index contributed by atoms with van der Waals surface area (Å²) in [5.74, 6) is -0.342. The third-order valence-corrected chi connectivity index (χ3v) is 5.02. The van der Waals surface area contributed by atoms with Crippen molar-refractivity contribution in [1.82, 2.24) is 9.80 Å². The number of carbonyl (C=O) groups excluding carboxylic acids is 2. The molecule has 0 spiro atoms. The highest BCUT2D eigenvalue weighted by Crippen LogP contribution is 2.32. The summed E-state index contributed by atoms with van der Waals surface area (Å²) in [4.78, 5) is 28.2. The Kier molecular flexibility index (Phi) is 7.21. The number of benzene rings is 1. The molecule has 1 aliphatic rings. The van der Waals surface area contributed by atoms with E-state index in [1.54, 1.807) is 19.0 Å². The molecule has 0 aliphatic carbocycles. The van der Waals surface area contributed by atoms with Gasteiger partial charge in [-0.2, -0.15) is 0 Å². The maximum atomic E-state index is 12.6. The van der Waals surface area contributed by atoms with E-state index < -0.39 is 0 Å². The average molecular weight is 395 g/mol. The minimum Gasteiger partial charge on any atom is -0.466 e. The Hall–Kier alpha value is -3.08. The molecule has 5 heteroatoms. The SMILES string of the molecule is C=C(C)N1C=CC(c2ccc(C(=O)N(C)C)cc2)=C/C1=C(\C(=O)OC)C(C)CC. The maximum absolute atomic E-state index is 12.6. The molecule has 0 saturated heterocycles. The molecule has 0 fully saturated rings. The molecule has 1 atom stereocenters. The van der Waals surface area contributed by atoms with E-state index >= 15 is 0 Å². The summed E-state index contributed by atoms with van der Waals surface area (Å²) in [7, 11) is 4.87. The average Bonchev–Trinajstić information content (AvgIpc) is 2.72. The first-order valence-corrected chi connectivity index (χ1v) is 9.70. The van der Waals surface area contributed by atoms with Crippen LogP contribution in [0.15, 0.2) is 66.2 Å². The molecule has 2 rings (SSSR count). The third-order valence-electron chi connectivity index (χ3n) is 5.02. The van der Waals surface area contributed by atoms with Gasteiger partial charge in [-0.15, -0.1) is 0 Å². The minimum atomic E-state index is -0.335. The zero-order chi connectivity index (χ0) is 21.7. The Labute approximate surface area is 173 Å². The first-order valence-electron chi connectivity index (χ1n) is 9.70. The molecule has 0 radical (unpaired) electrons. The molecule has 29 heavy (non-hydrogen) atoms. The highest BCUT2D eigenvalue weighted by molar-refractivity contribution is 5.95. The highest BCUT2D eigenvalue weighted by atomic mass is 16.5. The topological polar surface area (TPSA) is 49.9 Å². The number of esters is 1.